The minimum atomic E-state index is -0.197. The third-order valence-electron chi connectivity index (χ3n) is 7.21. The summed E-state index contributed by atoms with van der Waals surface area (Å²) in [5.74, 6) is 1.36. The lowest BCUT2D eigenvalue weighted by molar-refractivity contribution is 0.116. The van der Waals surface area contributed by atoms with Gasteiger partial charge in [0.15, 0.2) is 0 Å². The number of benzene rings is 1. The molecule has 0 saturated heterocycles. The molecule has 0 heterocycles. The molecular weight excluding hydrogens is 382 g/mol. The van der Waals surface area contributed by atoms with Gasteiger partial charge in [-0.25, -0.2) is 0 Å². The number of aryl methyl sites for hydroxylation is 2. The van der Waals surface area contributed by atoms with Gasteiger partial charge in [-0.1, -0.05) is 48.1 Å². The maximum atomic E-state index is 10.6. The first-order chi connectivity index (χ1) is 14.7. The second-order valence-corrected chi connectivity index (χ2v) is 10.7. The van der Waals surface area contributed by atoms with Gasteiger partial charge in [0.1, 0.15) is 0 Å². The Hall–Kier alpha value is -1.42. The summed E-state index contributed by atoms with van der Waals surface area (Å²) in [5.41, 5.74) is 4.37. The van der Waals surface area contributed by atoms with E-state index in [1.165, 1.54) is 16.7 Å². The lowest BCUT2D eigenvalue weighted by atomic mass is 9.89. The third-order valence-corrected chi connectivity index (χ3v) is 7.21. The van der Waals surface area contributed by atoms with E-state index in [2.05, 4.69) is 82.1 Å². The molecule has 0 spiro atoms. The molecule has 0 unspecified atom stereocenters. The summed E-state index contributed by atoms with van der Waals surface area (Å²) in [7, 11) is 2.18. The molecule has 31 heavy (non-hydrogen) atoms. The summed E-state index contributed by atoms with van der Waals surface area (Å²) in [4.78, 5) is 2.38. The minimum absolute atomic E-state index is 0.197. The molecule has 4 atom stereocenters. The van der Waals surface area contributed by atoms with Crippen LogP contribution in [0.4, 0.5) is 0 Å². The fourth-order valence-corrected chi connectivity index (χ4v) is 5.03. The van der Waals surface area contributed by atoms with Crippen LogP contribution in [0.3, 0.4) is 0 Å². The molecule has 0 radical (unpaired) electrons. The SMILES string of the molecule is Cc1cccc(CCC=C[C@@H]2[C@H]3CC(COCCCN(C)C(C)(C)C)=C[C@H]3C[C@H]2O)c1. The summed E-state index contributed by atoms with van der Waals surface area (Å²) in [6.07, 6.45) is 11.9. The zero-order valence-corrected chi connectivity index (χ0v) is 20.3. The van der Waals surface area contributed by atoms with Gasteiger partial charge in [-0.05, 0) is 89.8 Å². The van der Waals surface area contributed by atoms with Crippen LogP contribution < -0.4 is 0 Å². The van der Waals surface area contributed by atoms with Gasteiger partial charge in [0, 0.05) is 24.6 Å². The monoisotopic (exact) mass is 425 g/mol. The van der Waals surface area contributed by atoms with E-state index < -0.39 is 0 Å². The quantitative estimate of drug-likeness (QED) is 0.393. The third kappa shape index (κ3) is 7.03. The zero-order chi connectivity index (χ0) is 22.4. The number of fused-ring (bicyclic) bond motifs is 1. The van der Waals surface area contributed by atoms with E-state index in [4.69, 9.17) is 4.74 Å². The van der Waals surface area contributed by atoms with Crippen LogP contribution in [0, 0.1) is 24.7 Å². The smallest absolute Gasteiger partial charge is 0.0676 e. The number of nitrogens with zero attached hydrogens (tertiary/aromatic N) is 1. The molecule has 2 aliphatic carbocycles. The highest BCUT2D eigenvalue weighted by atomic mass is 16.5. The molecule has 1 N–H and O–H groups in total. The van der Waals surface area contributed by atoms with Crippen molar-refractivity contribution < 1.29 is 9.84 Å². The number of rotatable bonds is 10. The Kier molecular flexibility index (Phi) is 8.55. The van der Waals surface area contributed by atoms with Crippen molar-refractivity contribution in [3.63, 3.8) is 0 Å². The molecule has 2 aliphatic rings. The maximum absolute atomic E-state index is 10.6. The first-order valence-electron chi connectivity index (χ1n) is 12.1. The molecular formula is C28H43NO2. The van der Waals surface area contributed by atoms with E-state index in [-0.39, 0.29) is 17.6 Å². The van der Waals surface area contributed by atoms with Crippen LogP contribution >= 0.6 is 0 Å². The summed E-state index contributed by atoms with van der Waals surface area (Å²) < 4.78 is 5.99. The number of allylic oxidation sites excluding steroid dienone is 2. The van der Waals surface area contributed by atoms with E-state index in [1.807, 2.05) is 0 Å². The van der Waals surface area contributed by atoms with Crippen molar-refractivity contribution in [1.29, 1.82) is 0 Å². The molecule has 3 rings (SSSR count). The second-order valence-electron chi connectivity index (χ2n) is 10.7. The van der Waals surface area contributed by atoms with Crippen molar-refractivity contribution in [2.75, 3.05) is 26.8 Å². The summed E-state index contributed by atoms with van der Waals surface area (Å²) in [5, 5.41) is 10.6. The van der Waals surface area contributed by atoms with Crippen LogP contribution in [0.1, 0.15) is 57.6 Å². The molecule has 1 saturated carbocycles. The highest BCUT2D eigenvalue weighted by Crippen LogP contribution is 2.47. The van der Waals surface area contributed by atoms with Gasteiger partial charge in [0.2, 0.25) is 0 Å². The van der Waals surface area contributed by atoms with Crippen LogP contribution in [0.5, 0.6) is 0 Å². The fourth-order valence-electron chi connectivity index (χ4n) is 5.03. The Balaban J connectivity index is 1.38. The molecule has 172 valence electrons. The average molecular weight is 426 g/mol. The standard InChI is InChI=1S/C28H43NO2/c1-21-10-8-12-22(16-21)11-6-7-13-25-26-18-23(17-24(26)19-27(25)30)20-31-15-9-14-29(5)28(2,3)4/h7-8,10,12-13,16-17,24-27,30H,6,9,11,14-15,18-20H2,1-5H3/t24-,25+,26-,27+/m0/s1. The van der Waals surface area contributed by atoms with Crippen LogP contribution in [0.2, 0.25) is 0 Å². The lowest BCUT2D eigenvalue weighted by Gasteiger charge is -2.31. The number of hydrogen-bond acceptors (Lipinski definition) is 3. The van der Waals surface area contributed by atoms with Gasteiger partial charge >= 0.3 is 0 Å². The average Bonchev–Trinajstić information content (AvgIpc) is 3.21. The van der Waals surface area contributed by atoms with Gasteiger partial charge < -0.3 is 14.7 Å². The molecule has 0 aromatic heterocycles. The van der Waals surface area contributed by atoms with Gasteiger partial charge in [-0.3, -0.25) is 0 Å². The maximum Gasteiger partial charge on any atom is 0.0676 e. The van der Waals surface area contributed by atoms with Crippen LogP contribution in [-0.4, -0.2) is 48.5 Å². The van der Waals surface area contributed by atoms with Crippen molar-refractivity contribution in [2.45, 2.75) is 71.4 Å². The summed E-state index contributed by atoms with van der Waals surface area (Å²) in [6.45, 7) is 11.5. The van der Waals surface area contributed by atoms with Crippen molar-refractivity contribution in [1.82, 2.24) is 4.90 Å². The van der Waals surface area contributed by atoms with Gasteiger partial charge in [0.25, 0.3) is 0 Å². The Labute approximate surface area is 190 Å². The van der Waals surface area contributed by atoms with Gasteiger partial charge in [-0.2, -0.15) is 0 Å². The molecule has 0 aliphatic heterocycles. The van der Waals surface area contributed by atoms with E-state index in [0.29, 0.717) is 11.8 Å². The summed E-state index contributed by atoms with van der Waals surface area (Å²) >= 11 is 0. The fraction of sp³-hybridized carbons (Fsp3) is 0.643. The Morgan fingerprint density at radius 1 is 1.26 bits per heavy atom. The largest absolute Gasteiger partial charge is 0.392 e. The van der Waals surface area contributed by atoms with E-state index >= 15 is 0 Å². The highest BCUT2D eigenvalue weighted by Gasteiger charge is 2.43. The topological polar surface area (TPSA) is 32.7 Å². The minimum Gasteiger partial charge on any atom is -0.392 e. The highest BCUT2D eigenvalue weighted by molar-refractivity contribution is 5.23. The van der Waals surface area contributed by atoms with Crippen LogP contribution in [-0.2, 0) is 11.2 Å². The number of aliphatic hydroxyl groups excluding tert-OH is 1. The second kappa shape index (κ2) is 10.9. The Bertz CT molecular complexity index is 761. The Morgan fingerprint density at radius 2 is 2.06 bits per heavy atom. The van der Waals surface area contributed by atoms with E-state index in [9.17, 15) is 5.11 Å². The predicted molar refractivity (Wildman–Crippen MR) is 130 cm³/mol. The molecule has 1 aromatic rings. The number of hydrogen-bond donors (Lipinski definition) is 1. The van der Waals surface area contributed by atoms with Crippen molar-refractivity contribution in [2.24, 2.45) is 17.8 Å². The first kappa shape index (κ1) is 24.2. The Morgan fingerprint density at radius 3 is 2.81 bits per heavy atom. The van der Waals surface area contributed by atoms with Crippen molar-refractivity contribution in [3.8, 4) is 0 Å². The number of aliphatic hydroxyl groups is 1. The van der Waals surface area contributed by atoms with Gasteiger partial charge in [0.05, 0.1) is 12.7 Å². The predicted octanol–water partition coefficient (Wildman–Crippen LogP) is 5.56. The lowest BCUT2D eigenvalue weighted by Crippen LogP contribution is -2.38. The molecule has 3 heteroatoms. The normalized spacial score (nSPS) is 26.1. The molecule has 1 fully saturated rings. The van der Waals surface area contributed by atoms with Crippen molar-refractivity contribution in [3.05, 3.63) is 59.2 Å². The van der Waals surface area contributed by atoms with E-state index in [1.54, 1.807) is 0 Å². The molecule has 3 nitrogen and oxygen atoms in total. The summed E-state index contributed by atoms with van der Waals surface area (Å²) in [6, 6.07) is 8.75. The van der Waals surface area contributed by atoms with Crippen molar-refractivity contribution >= 4 is 0 Å². The molecule has 1 aromatic carbocycles. The first-order valence-corrected chi connectivity index (χ1v) is 12.1. The van der Waals surface area contributed by atoms with E-state index in [0.717, 1.165) is 51.9 Å². The van der Waals surface area contributed by atoms with Crippen LogP contribution in [0.25, 0.3) is 0 Å². The molecule has 0 amide bonds. The zero-order valence-electron chi connectivity index (χ0n) is 20.3. The van der Waals surface area contributed by atoms with Crippen LogP contribution in [0.15, 0.2) is 48.1 Å². The molecule has 0 bridgehead atoms. The van der Waals surface area contributed by atoms with Gasteiger partial charge in [-0.15, -0.1) is 0 Å². The number of ether oxygens (including phenoxy) is 1.